The maximum Gasteiger partial charge on any atom is 0.433 e. The van der Waals surface area contributed by atoms with Gasteiger partial charge in [0.05, 0.1) is 5.56 Å². The summed E-state index contributed by atoms with van der Waals surface area (Å²) in [5, 5.41) is 11.8. The van der Waals surface area contributed by atoms with E-state index in [-0.39, 0.29) is 11.4 Å². The third kappa shape index (κ3) is 3.31. The van der Waals surface area contributed by atoms with E-state index in [2.05, 4.69) is 10.3 Å². The van der Waals surface area contributed by atoms with Gasteiger partial charge in [0, 0.05) is 5.69 Å². The van der Waals surface area contributed by atoms with E-state index in [9.17, 15) is 13.2 Å². The zero-order valence-electron chi connectivity index (χ0n) is 11.2. The van der Waals surface area contributed by atoms with Gasteiger partial charge in [0.1, 0.15) is 17.6 Å². The number of anilines is 2. The van der Waals surface area contributed by atoms with Gasteiger partial charge in [-0.25, -0.2) is 4.98 Å². The standard InChI is InChI=1S/C15H12F3N3/c1-2-10-5-3-4-6-12(10)20-14-11(9-19)7-8-13(21-14)15(16,17)18/h3-8H,2H2,1H3,(H,20,21). The Morgan fingerprint density at radius 3 is 2.52 bits per heavy atom. The summed E-state index contributed by atoms with van der Waals surface area (Å²) in [7, 11) is 0. The number of nitrogens with one attached hydrogen (secondary N) is 1. The van der Waals surface area contributed by atoms with Crippen LogP contribution in [0.1, 0.15) is 23.7 Å². The van der Waals surface area contributed by atoms with Gasteiger partial charge in [-0.3, -0.25) is 0 Å². The Balaban J connectivity index is 2.45. The van der Waals surface area contributed by atoms with Crippen LogP contribution in [0.3, 0.4) is 0 Å². The highest BCUT2D eigenvalue weighted by atomic mass is 19.4. The van der Waals surface area contributed by atoms with Crippen LogP contribution in [-0.4, -0.2) is 4.98 Å². The van der Waals surface area contributed by atoms with Crippen molar-refractivity contribution in [1.82, 2.24) is 4.98 Å². The molecule has 0 radical (unpaired) electrons. The number of para-hydroxylation sites is 1. The van der Waals surface area contributed by atoms with Gasteiger partial charge in [-0.05, 0) is 30.2 Å². The number of pyridine rings is 1. The molecule has 1 aromatic carbocycles. The average molecular weight is 291 g/mol. The van der Waals surface area contributed by atoms with Crippen molar-refractivity contribution in [3.8, 4) is 6.07 Å². The zero-order chi connectivity index (χ0) is 15.5. The fourth-order valence-corrected chi connectivity index (χ4v) is 1.88. The van der Waals surface area contributed by atoms with Crippen LogP contribution in [0.25, 0.3) is 0 Å². The zero-order valence-corrected chi connectivity index (χ0v) is 11.2. The summed E-state index contributed by atoms with van der Waals surface area (Å²) < 4.78 is 38.1. The van der Waals surface area contributed by atoms with Crippen LogP contribution in [0.15, 0.2) is 36.4 Å². The Morgan fingerprint density at radius 1 is 1.19 bits per heavy atom. The van der Waals surface area contributed by atoms with Gasteiger partial charge in [0.25, 0.3) is 0 Å². The van der Waals surface area contributed by atoms with Crippen LogP contribution in [0, 0.1) is 11.3 Å². The van der Waals surface area contributed by atoms with Crippen LogP contribution in [0.4, 0.5) is 24.7 Å². The van der Waals surface area contributed by atoms with E-state index in [1.54, 1.807) is 12.1 Å². The first-order chi connectivity index (χ1) is 9.95. The first-order valence-corrected chi connectivity index (χ1v) is 6.29. The molecule has 21 heavy (non-hydrogen) atoms. The molecule has 0 saturated heterocycles. The van der Waals surface area contributed by atoms with E-state index in [1.165, 1.54) is 0 Å². The molecule has 3 nitrogen and oxygen atoms in total. The van der Waals surface area contributed by atoms with Crippen molar-refractivity contribution in [2.24, 2.45) is 0 Å². The first kappa shape index (κ1) is 14.9. The highest BCUT2D eigenvalue weighted by Gasteiger charge is 2.33. The molecule has 0 bridgehead atoms. The van der Waals surface area contributed by atoms with E-state index < -0.39 is 11.9 Å². The van der Waals surface area contributed by atoms with Crippen molar-refractivity contribution in [2.45, 2.75) is 19.5 Å². The number of aromatic nitrogens is 1. The van der Waals surface area contributed by atoms with Gasteiger partial charge in [0.15, 0.2) is 0 Å². The maximum atomic E-state index is 12.7. The average Bonchev–Trinajstić information content (AvgIpc) is 2.47. The monoisotopic (exact) mass is 291 g/mol. The molecule has 108 valence electrons. The van der Waals surface area contributed by atoms with Crippen LogP contribution >= 0.6 is 0 Å². The van der Waals surface area contributed by atoms with Crippen molar-refractivity contribution in [3.63, 3.8) is 0 Å². The minimum Gasteiger partial charge on any atom is -0.339 e. The Hall–Kier alpha value is -2.55. The van der Waals surface area contributed by atoms with Gasteiger partial charge in [-0.2, -0.15) is 18.4 Å². The number of nitrogens with zero attached hydrogens (tertiary/aromatic N) is 2. The molecule has 0 spiro atoms. The summed E-state index contributed by atoms with van der Waals surface area (Å²) in [6.45, 7) is 1.94. The summed E-state index contributed by atoms with van der Waals surface area (Å²) in [5.41, 5.74) is 0.607. The van der Waals surface area contributed by atoms with E-state index in [1.807, 2.05) is 25.1 Å². The first-order valence-electron chi connectivity index (χ1n) is 6.29. The summed E-state index contributed by atoms with van der Waals surface area (Å²) in [5.74, 6) is -0.0896. The van der Waals surface area contributed by atoms with Crippen molar-refractivity contribution in [3.05, 3.63) is 53.2 Å². The van der Waals surface area contributed by atoms with Gasteiger partial charge in [-0.15, -0.1) is 0 Å². The molecule has 1 heterocycles. The Bertz CT molecular complexity index is 687. The number of halogens is 3. The predicted octanol–water partition coefficient (Wildman–Crippen LogP) is 4.28. The summed E-state index contributed by atoms with van der Waals surface area (Å²) in [4.78, 5) is 3.53. The summed E-state index contributed by atoms with van der Waals surface area (Å²) >= 11 is 0. The highest BCUT2D eigenvalue weighted by molar-refractivity contribution is 5.65. The van der Waals surface area contributed by atoms with E-state index in [0.29, 0.717) is 12.1 Å². The third-order valence-corrected chi connectivity index (χ3v) is 2.96. The van der Waals surface area contributed by atoms with Gasteiger partial charge >= 0.3 is 6.18 Å². The summed E-state index contributed by atoms with van der Waals surface area (Å²) in [6, 6.07) is 11.0. The normalized spacial score (nSPS) is 11.0. The van der Waals surface area contributed by atoms with Gasteiger partial charge in [0.2, 0.25) is 0 Å². The lowest BCUT2D eigenvalue weighted by molar-refractivity contribution is -0.141. The molecule has 1 aromatic heterocycles. The quantitative estimate of drug-likeness (QED) is 0.918. The van der Waals surface area contributed by atoms with Crippen molar-refractivity contribution in [1.29, 1.82) is 5.26 Å². The highest BCUT2D eigenvalue weighted by Crippen LogP contribution is 2.30. The second kappa shape index (κ2) is 5.83. The molecule has 1 N–H and O–H groups in total. The lowest BCUT2D eigenvalue weighted by atomic mass is 10.1. The number of benzene rings is 1. The Morgan fingerprint density at radius 2 is 1.90 bits per heavy atom. The number of hydrogen-bond donors (Lipinski definition) is 1. The third-order valence-electron chi connectivity index (χ3n) is 2.96. The lowest BCUT2D eigenvalue weighted by Gasteiger charge is -2.13. The molecule has 0 saturated carbocycles. The van der Waals surface area contributed by atoms with Crippen LogP contribution in [-0.2, 0) is 12.6 Å². The molecule has 0 unspecified atom stereocenters. The topological polar surface area (TPSA) is 48.7 Å². The SMILES string of the molecule is CCc1ccccc1Nc1nc(C(F)(F)F)ccc1C#N. The fraction of sp³-hybridized carbons (Fsp3) is 0.200. The molecule has 2 rings (SSSR count). The van der Waals surface area contributed by atoms with Crippen LogP contribution in [0.2, 0.25) is 0 Å². The predicted molar refractivity (Wildman–Crippen MR) is 73.1 cm³/mol. The molecule has 0 aliphatic heterocycles. The fourth-order valence-electron chi connectivity index (χ4n) is 1.88. The number of nitriles is 1. The second-order valence-corrected chi connectivity index (χ2v) is 4.34. The molecule has 0 amide bonds. The van der Waals surface area contributed by atoms with Crippen molar-refractivity contribution in [2.75, 3.05) is 5.32 Å². The summed E-state index contributed by atoms with van der Waals surface area (Å²) in [6.07, 6.45) is -3.83. The van der Waals surface area contributed by atoms with Crippen LogP contribution < -0.4 is 5.32 Å². The number of aryl methyl sites for hydroxylation is 1. The Labute approximate surface area is 120 Å². The molecule has 0 aliphatic rings. The van der Waals surface area contributed by atoms with Crippen molar-refractivity contribution < 1.29 is 13.2 Å². The largest absolute Gasteiger partial charge is 0.433 e. The molecule has 0 aliphatic carbocycles. The number of alkyl halides is 3. The number of rotatable bonds is 3. The van der Waals surface area contributed by atoms with E-state index in [0.717, 1.165) is 17.7 Å². The van der Waals surface area contributed by atoms with E-state index >= 15 is 0 Å². The molecule has 6 heteroatoms. The minimum atomic E-state index is -4.55. The minimum absolute atomic E-state index is 0.0638. The van der Waals surface area contributed by atoms with Gasteiger partial charge in [-0.1, -0.05) is 25.1 Å². The molecular weight excluding hydrogens is 279 g/mol. The molecule has 0 fully saturated rings. The second-order valence-electron chi connectivity index (χ2n) is 4.34. The molecular formula is C15H12F3N3. The molecule has 2 aromatic rings. The Kier molecular flexibility index (Phi) is 4.13. The van der Waals surface area contributed by atoms with E-state index in [4.69, 9.17) is 5.26 Å². The van der Waals surface area contributed by atoms with Crippen molar-refractivity contribution >= 4 is 11.5 Å². The van der Waals surface area contributed by atoms with Crippen LogP contribution in [0.5, 0.6) is 0 Å². The number of hydrogen-bond acceptors (Lipinski definition) is 3. The maximum absolute atomic E-state index is 12.7. The molecule has 0 atom stereocenters. The smallest absolute Gasteiger partial charge is 0.339 e. The lowest BCUT2D eigenvalue weighted by Crippen LogP contribution is -2.10. The van der Waals surface area contributed by atoms with Gasteiger partial charge < -0.3 is 5.32 Å².